The Labute approximate surface area is 124 Å². The Morgan fingerprint density at radius 3 is 2.80 bits per heavy atom. The van der Waals surface area contributed by atoms with Crippen molar-refractivity contribution in [2.24, 2.45) is 0 Å². The topological polar surface area (TPSA) is 97.0 Å². The molecular formula is C11H14BrNO6S. The van der Waals surface area contributed by atoms with E-state index in [1.165, 1.54) is 7.05 Å². The minimum atomic E-state index is -3.82. The molecule has 2 rings (SSSR count). The van der Waals surface area contributed by atoms with Crippen molar-refractivity contribution in [3.8, 4) is 0 Å². The number of carbonyl (C=O) groups is 1. The normalized spacial score (nSPS) is 19.6. The highest BCUT2D eigenvalue weighted by Crippen LogP contribution is 2.29. The van der Waals surface area contributed by atoms with Crippen LogP contribution in [0, 0.1) is 0 Å². The van der Waals surface area contributed by atoms with Crippen LogP contribution in [0.2, 0.25) is 0 Å². The highest BCUT2D eigenvalue weighted by atomic mass is 79.9. The molecule has 1 atom stereocenters. The van der Waals surface area contributed by atoms with E-state index in [2.05, 4.69) is 15.9 Å². The van der Waals surface area contributed by atoms with Crippen LogP contribution in [0.15, 0.2) is 20.0 Å². The molecule has 0 radical (unpaired) electrons. The first kappa shape index (κ1) is 15.5. The predicted octanol–water partition coefficient (Wildman–Crippen LogP) is 1.54. The molecular weight excluding hydrogens is 354 g/mol. The summed E-state index contributed by atoms with van der Waals surface area (Å²) in [4.78, 5) is 10.6. The van der Waals surface area contributed by atoms with Gasteiger partial charge < -0.3 is 14.3 Å². The van der Waals surface area contributed by atoms with Gasteiger partial charge in [-0.1, -0.05) is 0 Å². The summed E-state index contributed by atoms with van der Waals surface area (Å²) in [7, 11) is -2.39. The van der Waals surface area contributed by atoms with Gasteiger partial charge in [-0.15, -0.1) is 0 Å². The van der Waals surface area contributed by atoms with Gasteiger partial charge in [0, 0.05) is 26.3 Å². The Morgan fingerprint density at radius 2 is 2.30 bits per heavy atom. The third-order valence-corrected chi connectivity index (χ3v) is 5.72. The van der Waals surface area contributed by atoms with Crippen molar-refractivity contribution in [2.75, 3.05) is 20.2 Å². The van der Waals surface area contributed by atoms with Gasteiger partial charge in [-0.3, -0.25) is 0 Å². The SMILES string of the molecule is CN(CC1CCCO1)S(=O)(=O)c1cc(C(=O)O)oc1Br. The number of halogens is 1. The number of aromatic carboxylic acids is 1. The summed E-state index contributed by atoms with van der Waals surface area (Å²) in [6, 6.07) is 0.994. The molecule has 1 aliphatic heterocycles. The van der Waals surface area contributed by atoms with E-state index >= 15 is 0 Å². The fourth-order valence-electron chi connectivity index (χ4n) is 1.97. The van der Waals surface area contributed by atoms with Gasteiger partial charge in [0.15, 0.2) is 4.67 Å². The van der Waals surface area contributed by atoms with E-state index in [0.29, 0.717) is 6.61 Å². The zero-order valence-electron chi connectivity index (χ0n) is 10.7. The second-order valence-electron chi connectivity index (χ2n) is 4.47. The molecule has 1 fully saturated rings. The Bertz CT molecular complexity index is 604. The van der Waals surface area contributed by atoms with Crippen molar-refractivity contribution in [1.82, 2.24) is 4.31 Å². The van der Waals surface area contributed by atoms with E-state index < -0.39 is 21.8 Å². The Hall–Kier alpha value is -0.900. The smallest absolute Gasteiger partial charge is 0.371 e. The van der Waals surface area contributed by atoms with Crippen molar-refractivity contribution < 1.29 is 27.5 Å². The van der Waals surface area contributed by atoms with E-state index in [1.54, 1.807) is 0 Å². The predicted molar refractivity (Wildman–Crippen MR) is 72.2 cm³/mol. The summed E-state index contributed by atoms with van der Waals surface area (Å²) in [6.45, 7) is 0.861. The molecule has 2 heterocycles. The molecule has 0 aromatic carbocycles. The van der Waals surface area contributed by atoms with Crippen LogP contribution in [0.4, 0.5) is 0 Å². The molecule has 0 amide bonds. The third-order valence-electron chi connectivity index (χ3n) is 3.04. The molecule has 0 spiro atoms. The van der Waals surface area contributed by atoms with Gasteiger partial charge in [-0.25, -0.2) is 13.2 Å². The quantitative estimate of drug-likeness (QED) is 0.847. The van der Waals surface area contributed by atoms with Crippen molar-refractivity contribution >= 4 is 31.9 Å². The molecule has 112 valence electrons. The first-order valence-electron chi connectivity index (χ1n) is 5.93. The summed E-state index contributed by atoms with van der Waals surface area (Å²) in [5.74, 6) is -1.75. The van der Waals surface area contributed by atoms with E-state index in [9.17, 15) is 13.2 Å². The van der Waals surface area contributed by atoms with Crippen molar-refractivity contribution in [2.45, 2.75) is 23.8 Å². The average molecular weight is 368 g/mol. The summed E-state index contributed by atoms with van der Waals surface area (Å²) < 4.78 is 36.0. The highest BCUT2D eigenvalue weighted by Gasteiger charge is 2.31. The zero-order valence-corrected chi connectivity index (χ0v) is 13.1. The maximum atomic E-state index is 12.4. The van der Waals surface area contributed by atoms with Crippen molar-refractivity contribution in [1.29, 1.82) is 0 Å². The van der Waals surface area contributed by atoms with Crippen LogP contribution in [0.5, 0.6) is 0 Å². The number of hydrogen-bond donors (Lipinski definition) is 1. The molecule has 0 bridgehead atoms. The molecule has 1 unspecified atom stereocenters. The van der Waals surface area contributed by atoms with Crippen molar-refractivity contribution in [3.63, 3.8) is 0 Å². The van der Waals surface area contributed by atoms with Gasteiger partial charge in [0.05, 0.1) is 6.10 Å². The van der Waals surface area contributed by atoms with Crippen LogP contribution in [0.1, 0.15) is 23.4 Å². The van der Waals surface area contributed by atoms with Crippen LogP contribution in [0.3, 0.4) is 0 Å². The van der Waals surface area contributed by atoms with E-state index in [1.807, 2.05) is 0 Å². The fraction of sp³-hybridized carbons (Fsp3) is 0.545. The largest absolute Gasteiger partial charge is 0.475 e. The lowest BCUT2D eigenvalue weighted by molar-refractivity contribution is 0.0661. The minimum Gasteiger partial charge on any atom is -0.475 e. The molecule has 1 aliphatic rings. The van der Waals surface area contributed by atoms with Crippen LogP contribution in [-0.4, -0.2) is 50.1 Å². The number of carboxylic acid groups (broad SMARTS) is 1. The Morgan fingerprint density at radius 1 is 1.60 bits per heavy atom. The van der Waals surface area contributed by atoms with Gasteiger partial charge in [-0.2, -0.15) is 4.31 Å². The standard InChI is InChI=1S/C11H14BrNO6S/c1-13(6-7-3-2-4-18-7)20(16,17)9-5-8(11(14)15)19-10(9)12/h5,7H,2-4,6H2,1H3,(H,14,15). The first-order valence-corrected chi connectivity index (χ1v) is 8.16. The number of carboxylic acids is 1. The first-order chi connectivity index (χ1) is 9.32. The zero-order chi connectivity index (χ0) is 14.9. The molecule has 1 saturated heterocycles. The maximum absolute atomic E-state index is 12.4. The highest BCUT2D eigenvalue weighted by molar-refractivity contribution is 9.10. The molecule has 7 nitrogen and oxygen atoms in total. The molecule has 1 N–H and O–H groups in total. The average Bonchev–Trinajstić information content (AvgIpc) is 2.98. The molecule has 1 aromatic heterocycles. The summed E-state index contributed by atoms with van der Waals surface area (Å²) in [5, 5.41) is 8.81. The van der Waals surface area contributed by atoms with Crippen LogP contribution < -0.4 is 0 Å². The number of furan rings is 1. The number of likely N-dealkylation sites (N-methyl/N-ethyl adjacent to an activating group) is 1. The maximum Gasteiger partial charge on any atom is 0.371 e. The molecule has 0 saturated carbocycles. The number of sulfonamides is 1. The summed E-state index contributed by atoms with van der Waals surface area (Å²) in [6.07, 6.45) is 1.60. The fourth-order valence-corrected chi connectivity index (χ4v) is 4.08. The van der Waals surface area contributed by atoms with E-state index in [0.717, 1.165) is 23.2 Å². The second kappa shape index (κ2) is 5.84. The van der Waals surface area contributed by atoms with E-state index in [4.69, 9.17) is 14.3 Å². The van der Waals surface area contributed by atoms with Gasteiger partial charge in [0.25, 0.3) is 0 Å². The lowest BCUT2D eigenvalue weighted by Gasteiger charge is -2.19. The van der Waals surface area contributed by atoms with Gasteiger partial charge >= 0.3 is 5.97 Å². The molecule has 0 aliphatic carbocycles. The number of hydrogen-bond acceptors (Lipinski definition) is 5. The van der Waals surface area contributed by atoms with Crippen LogP contribution in [0.25, 0.3) is 0 Å². The van der Waals surface area contributed by atoms with Crippen molar-refractivity contribution in [3.05, 3.63) is 16.5 Å². The molecule has 20 heavy (non-hydrogen) atoms. The number of ether oxygens (including phenoxy) is 1. The monoisotopic (exact) mass is 367 g/mol. The number of nitrogens with zero attached hydrogens (tertiary/aromatic N) is 1. The van der Waals surface area contributed by atoms with Crippen LogP contribution in [-0.2, 0) is 14.8 Å². The van der Waals surface area contributed by atoms with Gasteiger partial charge in [-0.05, 0) is 28.8 Å². The second-order valence-corrected chi connectivity index (χ2v) is 7.21. The van der Waals surface area contributed by atoms with Gasteiger partial charge in [0.1, 0.15) is 4.90 Å². The van der Waals surface area contributed by atoms with E-state index in [-0.39, 0.29) is 22.2 Å². The molecule has 1 aromatic rings. The van der Waals surface area contributed by atoms with Crippen LogP contribution >= 0.6 is 15.9 Å². The lowest BCUT2D eigenvalue weighted by atomic mass is 10.2. The Kier molecular flexibility index (Phi) is 4.52. The Balaban J connectivity index is 2.22. The summed E-state index contributed by atoms with van der Waals surface area (Å²) in [5.41, 5.74) is 0. The lowest BCUT2D eigenvalue weighted by Crippen LogP contribution is -2.34. The summed E-state index contributed by atoms with van der Waals surface area (Å²) >= 11 is 2.94. The minimum absolute atomic E-state index is 0.117. The third kappa shape index (κ3) is 3.05. The van der Waals surface area contributed by atoms with Gasteiger partial charge in [0.2, 0.25) is 15.8 Å². The molecule has 9 heteroatoms. The number of rotatable bonds is 5.